The maximum Gasteiger partial charge on any atom is 0.330 e. The molecule has 1 atom stereocenters. The van der Waals surface area contributed by atoms with Gasteiger partial charge in [-0.1, -0.05) is 37.6 Å². The molecule has 0 aliphatic rings. The molecule has 6 nitrogen and oxygen atoms in total. The lowest BCUT2D eigenvalue weighted by atomic mass is 10.1. The number of aliphatic carboxylic acids is 1. The van der Waals surface area contributed by atoms with Gasteiger partial charge in [-0.15, -0.1) is 0 Å². The van der Waals surface area contributed by atoms with Gasteiger partial charge in [0.25, 0.3) is 0 Å². The van der Waals surface area contributed by atoms with Gasteiger partial charge >= 0.3 is 5.97 Å². The summed E-state index contributed by atoms with van der Waals surface area (Å²) in [6.07, 6.45) is 1.07. The third kappa shape index (κ3) is 7.15. The van der Waals surface area contributed by atoms with Gasteiger partial charge in [0.2, 0.25) is 11.8 Å². The second-order valence-corrected chi connectivity index (χ2v) is 6.04. The monoisotopic (exact) mass is 340 g/mol. The number of nitrogens with one attached hydrogen (secondary N) is 2. The van der Waals surface area contributed by atoms with Crippen LogP contribution in [-0.4, -0.2) is 29.4 Å². The van der Waals surface area contributed by atoms with E-state index in [0.717, 1.165) is 6.42 Å². The van der Waals surface area contributed by atoms with Gasteiger partial charge in [0.15, 0.2) is 6.04 Å². The third-order valence-electron chi connectivity index (χ3n) is 3.15. The molecule has 1 aromatic carbocycles. The Labute approximate surface area is 140 Å². The molecule has 0 saturated carbocycles. The van der Waals surface area contributed by atoms with Crippen molar-refractivity contribution in [2.24, 2.45) is 5.92 Å². The lowest BCUT2D eigenvalue weighted by Gasteiger charge is -2.15. The van der Waals surface area contributed by atoms with Crippen molar-refractivity contribution in [1.29, 1.82) is 0 Å². The van der Waals surface area contributed by atoms with Crippen LogP contribution in [0.3, 0.4) is 0 Å². The van der Waals surface area contributed by atoms with Crippen LogP contribution in [0.1, 0.15) is 38.3 Å². The van der Waals surface area contributed by atoms with Crippen molar-refractivity contribution >= 4 is 29.4 Å². The zero-order valence-corrected chi connectivity index (χ0v) is 13.9. The second-order valence-electron chi connectivity index (χ2n) is 5.60. The first-order chi connectivity index (χ1) is 10.8. The molecule has 0 fully saturated rings. The minimum Gasteiger partial charge on any atom is -0.479 e. The number of carbonyl (C=O) groups is 3. The van der Waals surface area contributed by atoms with Crippen molar-refractivity contribution in [2.75, 3.05) is 6.54 Å². The van der Waals surface area contributed by atoms with Crippen molar-refractivity contribution in [3.63, 3.8) is 0 Å². The van der Waals surface area contributed by atoms with E-state index in [-0.39, 0.29) is 12.5 Å². The summed E-state index contributed by atoms with van der Waals surface area (Å²) in [4.78, 5) is 34.7. The summed E-state index contributed by atoms with van der Waals surface area (Å²) in [5, 5.41) is 14.6. The summed E-state index contributed by atoms with van der Waals surface area (Å²) in [6, 6.07) is 4.97. The average molecular weight is 341 g/mol. The minimum atomic E-state index is -1.19. The van der Waals surface area contributed by atoms with Gasteiger partial charge < -0.3 is 15.7 Å². The van der Waals surface area contributed by atoms with Crippen molar-refractivity contribution in [3.05, 3.63) is 34.9 Å². The molecule has 3 N–H and O–H groups in total. The highest BCUT2D eigenvalue weighted by molar-refractivity contribution is 6.30. The van der Waals surface area contributed by atoms with Gasteiger partial charge in [-0.05, 0) is 30.0 Å². The SMILES string of the molecule is CC(C)CCC(=O)NCC(=O)NC(C(=O)O)c1ccc(Cl)cc1. The highest BCUT2D eigenvalue weighted by atomic mass is 35.5. The van der Waals surface area contributed by atoms with Crippen molar-refractivity contribution in [1.82, 2.24) is 10.6 Å². The number of hydrogen-bond acceptors (Lipinski definition) is 3. The Morgan fingerprint density at radius 3 is 2.26 bits per heavy atom. The second kappa shape index (κ2) is 9.15. The molecule has 0 saturated heterocycles. The summed E-state index contributed by atoms with van der Waals surface area (Å²) in [7, 11) is 0. The van der Waals surface area contributed by atoms with E-state index in [9.17, 15) is 19.5 Å². The zero-order valence-electron chi connectivity index (χ0n) is 13.1. The van der Waals surface area contributed by atoms with E-state index in [0.29, 0.717) is 22.9 Å². The predicted molar refractivity (Wildman–Crippen MR) is 87.1 cm³/mol. The van der Waals surface area contributed by atoms with Gasteiger partial charge in [-0.25, -0.2) is 4.79 Å². The Morgan fingerprint density at radius 2 is 1.74 bits per heavy atom. The van der Waals surface area contributed by atoms with E-state index in [1.807, 2.05) is 13.8 Å². The molecule has 23 heavy (non-hydrogen) atoms. The van der Waals surface area contributed by atoms with Gasteiger partial charge in [0.1, 0.15) is 0 Å². The molecule has 1 aromatic rings. The minimum absolute atomic E-state index is 0.229. The molecule has 0 aliphatic carbocycles. The number of rotatable bonds is 8. The Balaban J connectivity index is 2.53. The molecule has 0 aliphatic heterocycles. The van der Waals surface area contributed by atoms with Gasteiger partial charge in [0.05, 0.1) is 6.54 Å². The Morgan fingerprint density at radius 1 is 1.13 bits per heavy atom. The third-order valence-corrected chi connectivity index (χ3v) is 3.40. The summed E-state index contributed by atoms with van der Waals surface area (Å²) < 4.78 is 0. The number of amides is 2. The number of benzene rings is 1. The number of carbonyl (C=O) groups excluding carboxylic acids is 2. The number of carboxylic acid groups (broad SMARTS) is 1. The lowest BCUT2D eigenvalue weighted by Crippen LogP contribution is -2.41. The lowest BCUT2D eigenvalue weighted by molar-refractivity contribution is -0.141. The van der Waals surface area contributed by atoms with E-state index in [1.54, 1.807) is 12.1 Å². The predicted octanol–water partition coefficient (Wildman–Crippen LogP) is 2.13. The summed E-state index contributed by atoms with van der Waals surface area (Å²) in [5.41, 5.74) is 0.404. The van der Waals surface area contributed by atoms with Crippen LogP contribution in [0.2, 0.25) is 5.02 Å². The summed E-state index contributed by atoms with van der Waals surface area (Å²) >= 11 is 5.76. The van der Waals surface area contributed by atoms with Crippen LogP contribution < -0.4 is 10.6 Å². The van der Waals surface area contributed by atoms with Crippen LogP contribution in [0, 0.1) is 5.92 Å². The van der Waals surface area contributed by atoms with Crippen LogP contribution in [0.25, 0.3) is 0 Å². The molecule has 0 bridgehead atoms. The van der Waals surface area contributed by atoms with Crippen LogP contribution in [0.15, 0.2) is 24.3 Å². The molecule has 126 valence electrons. The fourth-order valence-corrected chi connectivity index (χ4v) is 1.97. The van der Waals surface area contributed by atoms with E-state index in [1.165, 1.54) is 12.1 Å². The van der Waals surface area contributed by atoms with Crippen molar-refractivity contribution < 1.29 is 19.5 Å². The number of hydrogen-bond donors (Lipinski definition) is 3. The molecule has 0 radical (unpaired) electrons. The van der Waals surface area contributed by atoms with E-state index >= 15 is 0 Å². The summed E-state index contributed by atoms with van der Waals surface area (Å²) in [5.74, 6) is -1.58. The largest absolute Gasteiger partial charge is 0.479 e. The first-order valence-electron chi connectivity index (χ1n) is 7.34. The molecule has 0 heterocycles. The van der Waals surface area contributed by atoms with E-state index < -0.39 is 17.9 Å². The Bertz CT molecular complexity index is 558. The standard InChI is InChI=1S/C16H21ClN2O4/c1-10(2)3-8-13(20)18-9-14(21)19-15(16(22)23)11-4-6-12(17)7-5-11/h4-7,10,15H,3,8-9H2,1-2H3,(H,18,20)(H,19,21)(H,22,23). The van der Waals surface area contributed by atoms with Crippen LogP contribution in [-0.2, 0) is 14.4 Å². The van der Waals surface area contributed by atoms with Crippen LogP contribution >= 0.6 is 11.6 Å². The molecule has 1 rings (SSSR count). The van der Waals surface area contributed by atoms with E-state index in [2.05, 4.69) is 10.6 Å². The number of halogens is 1. The van der Waals surface area contributed by atoms with Gasteiger partial charge in [-0.3, -0.25) is 9.59 Å². The highest BCUT2D eigenvalue weighted by Gasteiger charge is 2.22. The van der Waals surface area contributed by atoms with Crippen molar-refractivity contribution in [3.8, 4) is 0 Å². The van der Waals surface area contributed by atoms with E-state index in [4.69, 9.17) is 11.6 Å². The van der Waals surface area contributed by atoms with Crippen LogP contribution in [0.4, 0.5) is 0 Å². The molecule has 2 amide bonds. The molecule has 7 heteroatoms. The fourth-order valence-electron chi connectivity index (χ4n) is 1.84. The maximum atomic E-state index is 11.8. The Kier molecular flexibility index (Phi) is 7.54. The van der Waals surface area contributed by atoms with Crippen LogP contribution in [0.5, 0.6) is 0 Å². The first kappa shape index (κ1) is 19.0. The molecular formula is C16H21ClN2O4. The fraction of sp³-hybridized carbons (Fsp3) is 0.438. The molecule has 0 spiro atoms. The maximum absolute atomic E-state index is 11.8. The van der Waals surface area contributed by atoms with Crippen molar-refractivity contribution in [2.45, 2.75) is 32.7 Å². The normalized spacial score (nSPS) is 11.8. The first-order valence-corrected chi connectivity index (χ1v) is 7.71. The smallest absolute Gasteiger partial charge is 0.330 e. The summed E-state index contributed by atoms with van der Waals surface area (Å²) in [6.45, 7) is 3.75. The van der Waals surface area contributed by atoms with Gasteiger partial charge in [-0.2, -0.15) is 0 Å². The highest BCUT2D eigenvalue weighted by Crippen LogP contribution is 2.16. The quantitative estimate of drug-likeness (QED) is 0.675. The Hall–Kier alpha value is -2.08. The molecule has 1 unspecified atom stereocenters. The number of carboxylic acids is 1. The zero-order chi connectivity index (χ0) is 17.4. The molecule has 0 aromatic heterocycles. The average Bonchev–Trinajstić information content (AvgIpc) is 2.49. The van der Waals surface area contributed by atoms with Gasteiger partial charge in [0, 0.05) is 11.4 Å². The topological polar surface area (TPSA) is 95.5 Å². The molecular weight excluding hydrogens is 320 g/mol.